The number of fused-ring (bicyclic) bond motifs is 1. The Hall–Kier alpha value is -6.17. The van der Waals surface area contributed by atoms with E-state index in [2.05, 4.69) is 47.5 Å². The van der Waals surface area contributed by atoms with Gasteiger partial charge in [-0.25, -0.2) is 4.79 Å². The number of phenolic OH excluding ortho intramolecular Hbond substituents is 1. The largest absolute Gasteiger partial charge is 0.507 e. The number of nitrogens with two attached hydrogens (primary N) is 1. The van der Waals surface area contributed by atoms with Crippen molar-refractivity contribution in [3.63, 3.8) is 0 Å². The number of aliphatic hydroxyl groups is 6. The van der Waals surface area contributed by atoms with E-state index in [1.807, 2.05) is 22.6 Å². The highest BCUT2D eigenvalue weighted by atomic mass is 127. The topological polar surface area (TPSA) is 446 Å². The second kappa shape index (κ2) is 32.0. The fourth-order valence-electron chi connectivity index (χ4n) is 9.29. The Kier molecular flexibility index (Phi) is 25.6. The number of para-hydroxylation sites is 1. The van der Waals surface area contributed by atoms with Crippen LogP contribution in [0, 0.1) is 3.57 Å². The van der Waals surface area contributed by atoms with Crippen molar-refractivity contribution in [3.05, 3.63) is 99.3 Å². The quantitative estimate of drug-likeness (QED) is 0.0239. The number of nitrogens with one attached hydrogen (secondary N) is 9. The molecule has 0 radical (unpaired) electrons. The molecule has 30 heteroatoms. The molecule has 85 heavy (non-hydrogen) atoms. The summed E-state index contributed by atoms with van der Waals surface area (Å²) in [5.74, 6) is -12.0. The van der Waals surface area contributed by atoms with Crippen molar-refractivity contribution in [2.24, 2.45) is 5.73 Å². The van der Waals surface area contributed by atoms with Crippen LogP contribution in [-0.2, 0) is 62.4 Å². The lowest BCUT2D eigenvalue weighted by Crippen LogP contribution is -2.66. The first kappa shape index (κ1) is 67.9. The van der Waals surface area contributed by atoms with Crippen LogP contribution in [0.2, 0.25) is 0 Å². The molecule has 2 aliphatic heterocycles. The number of aliphatic hydroxyl groups excluding tert-OH is 5. The molecule has 6 rings (SSSR count). The van der Waals surface area contributed by atoms with E-state index < -0.39 is 157 Å². The molecule has 464 valence electrons. The zero-order valence-corrected chi connectivity index (χ0v) is 50.1. The Morgan fingerprint density at radius 3 is 2.12 bits per heavy atom. The molecule has 0 spiro atoms. The number of aromatic nitrogens is 1. The minimum Gasteiger partial charge on any atom is -0.507 e. The normalized spacial score (nSPS) is 26.5. The van der Waals surface area contributed by atoms with Crippen LogP contribution in [-0.4, -0.2) is 209 Å². The number of rotatable bonds is 20. The third-order valence-electron chi connectivity index (χ3n) is 14.2. The first-order valence-corrected chi connectivity index (χ1v) is 30.8. The van der Waals surface area contributed by atoms with Gasteiger partial charge in [-0.1, -0.05) is 76.2 Å². The maximum Gasteiger partial charge on any atom is 0.328 e. The number of carboxylic acid groups (broad SMARTS) is 1. The van der Waals surface area contributed by atoms with E-state index in [-0.39, 0.29) is 44.4 Å². The average Bonchev–Trinajstić information content (AvgIpc) is 3.63. The van der Waals surface area contributed by atoms with E-state index in [0.29, 0.717) is 37.6 Å². The SMILES string of the molecule is C[C@@H](O)[C@@H]1NC(=O)[C@H](CCCCN)NC(=O)[C@@H](Cc2c[nH]c3ccccc23)NC(=O)[C@H](Cc2ccc(O)c(I)c2)NC(=O)[C@@H](NC(=O)[C@@H](Cc2ccccc2)NC[C@@]2(O)OC[C@@H](O)[C@@H](O)[C@@H]2O)CSSC[C@@H](C(=O)N[C@@H](C(=O)O)[C@@H](C)O)NC1=O. The number of aromatic hydroxyl groups is 1. The Balaban J connectivity index is 1.44. The number of aliphatic carboxylic acids is 1. The summed E-state index contributed by atoms with van der Waals surface area (Å²) in [5.41, 5.74) is 8.04. The number of benzene rings is 3. The van der Waals surface area contributed by atoms with Gasteiger partial charge in [-0.15, -0.1) is 0 Å². The highest BCUT2D eigenvalue weighted by Crippen LogP contribution is 2.27. The van der Waals surface area contributed by atoms with Gasteiger partial charge < -0.3 is 98.8 Å². The van der Waals surface area contributed by atoms with Crippen molar-refractivity contribution in [2.45, 2.75) is 137 Å². The molecular weight excluding hydrogens is 1260 g/mol. The average molecular weight is 1340 g/mol. The lowest BCUT2D eigenvalue weighted by molar-refractivity contribution is -0.318. The van der Waals surface area contributed by atoms with Crippen LogP contribution in [0.25, 0.3) is 10.9 Å². The van der Waals surface area contributed by atoms with Crippen molar-refractivity contribution >= 4 is 102 Å². The molecule has 4 aromatic rings. The molecule has 19 N–H and O–H groups in total. The monoisotopic (exact) mass is 1340 g/mol. The smallest absolute Gasteiger partial charge is 0.328 e. The molecule has 3 aromatic carbocycles. The maximum absolute atomic E-state index is 15.1. The number of H-pyrrole nitrogens is 1. The minimum atomic E-state index is -2.53. The van der Waals surface area contributed by atoms with Crippen molar-refractivity contribution in [2.75, 3.05) is 31.2 Å². The first-order valence-electron chi connectivity index (χ1n) is 27.3. The van der Waals surface area contributed by atoms with Crippen LogP contribution in [0.4, 0.5) is 0 Å². The number of carboxylic acids is 1. The number of halogens is 1. The molecule has 3 heterocycles. The number of carbonyl (C=O) groups excluding carboxylic acids is 7. The van der Waals surface area contributed by atoms with Gasteiger partial charge in [0.15, 0.2) is 6.04 Å². The van der Waals surface area contributed by atoms with E-state index >= 15 is 9.59 Å². The standard InChI is InChI=1S/C55H73IN10O17S2/c1-27(67)43-53(79)64-40(52(78)66-44(28(2)68)54(80)81)25-85-84-24-39(63-48(74)36(19-29-10-4-3-5-11-29)59-26-55(82)46(72)45(71)42(70)23-83-55)51(77)61-37(20-30-15-16-41(69)33(56)18-30)49(75)62-38(21-31-22-58-34-13-7-6-12-32(31)34)50(76)60-35(47(73)65-43)14-8-9-17-57/h3-7,10-13,15-16,18,22,27-28,35-40,42-46,58-59,67-72,82H,8-9,14,17,19-21,23-26,57H2,1-2H3,(H,60,76)(H,61,77)(H,62,75)(H,63,74)(H,64,79)(H,65,73)(H,66,78)(H,80,81)/t27-,28-,35+,36-,37+,38-,39+,40+,42-,43+,44-,45-,46+,55-/m1/s1. The van der Waals surface area contributed by atoms with E-state index in [0.717, 1.165) is 28.5 Å². The Morgan fingerprint density at radius 1 is 0.800 bits per heavy atom. The van der Waals surface area contributed by atoms with Crippen LogP contribution in [0.5, 0.6) is 5.75 Å². The summed E-state index contributed by atoms with van der Waals surface area (Å²) in [6.07, 6.45) is -7.12. The predicted octanol–water partition coefficient (Wildman–Crippen LogP) is -2.97. The van der Waals surface area contributed by atoms with Gasteiger partial charge in [0.2, 0.25) is 47.1 Å². The van der Waals surface area contributed by atoms with Gasteiger partial charge >= 0.3 is 5.97 Å². The van der Waals surface area contributed by atoms with Gasteiger partial charge in [-0.2, -0.15) is 0 Å². The van der Waals surface area contributed by atoms with Gasteiger partial charge in [-0.05, 0) is 104 Å². The number of phenols is 1. The maximum atomic E-state index is 15.1. The van der Waals surface area contributed by atoms with Crippen LogP contribution >= 0.6 is 44.2 Å². The molecular formula is C55H73IN10O17S2. The number of unbranched alkanes of at least 4 members (excludes halogenated alkanes) is 1. The lowest BCUT2D eigenvalue weighted by atomic mass is 9.96. The van der Waals surface area contributed by atoms with Gasteiger partial charge in [0.1, 0.15) is 60.3 Å². The van der Waals surface area contributed by atoms with E-state index in [1.54, 1.807) is 66.9 Å². The molecule has 1 aromatic heterocycles. The summed E-state index contributed by atoms with van der Waals surface area (Å²) < 4.78 is 5.72. The Labute approximate surface area is 510 Å². The van der Waals surface area contributed by atoms with Gasteiger partial charge in [-0.3, -0.25) is 33.6 Å². The molecule has 2 fully saturated rings. The zero-order chi connectivity index (χ0) is 62.1. The number of hydrogen-bond donors (Lipinski definition) is 18. The molecule has 0 unspecified atom stereocenters. The number of hydrogen-bond acceptors (Lipinski definition) is 20. The number of ether oxygens (including phenoxy) is 1. The molecule has 2 saturated heterocycles. The van der Waals surface area contributed by atoms with Crippen molar-refractivity contribution < 1.29 is 83.9 Å². The highest BCUT2D eigenvalue weighted by molar-refractivity contribution is 14.1. The summed E-state index contributed by atoms with van der Waals surface area (Å²) >= 11 is 1.88. The molecule has 27 nitrogen and oxygen atoms in total. The van der Waals surface area contributed by atoms with E-state index in [4.69, 9.17) is 10.5 Å². The van der Waals surface area contributed by atoms with Crippen molar-refractivity contribution in [1.29, 1.82) is 0 Å². The number of amides is 7. The summed E-state index contributed by atoms with van der Waals surface area (Å²) in [4.78, 5) is 118. The molecule has 2 aliphatic rings. The number of aromatic amines is 1. The van der Waals surface area contributed by atoms with Gasteiger partial charge in [0.05, 0.1) is 35.0 Å². The summed E-state index contributed by atoms with van der Waals surface area (Å²) in [6.45, 7) is 1.18. The molecule has 0 aliphatic carbocycles. The van der Waals surface area contributed by atoms with Crippen molar-refractivity contribution in [1.82, 2.24) is 47.5 Å². The summed E-state index contributed by atoms with van der Waals surface area (Å²) in [5, 5.41) is 106. The van der Waals surface area contributed by atoms with Crippen LogP contribution < -0.4 is 48.3 Å². The summed E-state index contributed by atoms with van der Waals surface area (Å²) in [6, 6.07) is 7.17. The van der Waals surface area contributed by atoms with Crippen LogP contribution in [0.1, 0.15) is 49.8 Å². The lowest BCUT2D eigenvalue weighted by Gasteiger charge is -2.42. The second-order valence-electron chi connectivity index (χ2n) is 20.8. The first-order chi connectivity index (χ1) is 40.4. The molecule has 7 amide bonds. The Morgan fingerprint density at radius 2 is 1.45 bits per heavy atom. The molecule has 14 atom stereocenters. The summed E-state index contributed by atoms with van der Waals surface area (Å²) in [7, 11) is 1.70. The van der Waals surface area contributed by atoms with Gasteiger partial charge in [0, 0.05) is 41.4 Å². The highest BCUT2D eigenvalue weighted by Gasteiger charge is 2.49. The molecule has 0 bridgehead atoms. The Bertz CT molecular complexity index is 2970. The third kappa shape index (κ3) is 19.2. The fourth-order valence-corrected chi connectivity index (χ4v) is 12.2. The second-order valence-corrected chi connectivity index (χ2v) is 24.5. The van der Waals surface area contributed by atoms with Crippen LogP contribution in [0.15, 0.2) is 79.0 Å². The minimum absolute atomic E-state index is 0.0671. The van der Waals surface area contributed by atoms with Crippen molar-refractivity contribution in [3.8, 4) is 5.75 Å². The van der Waals surface area contributed by atoms with Crippen LogP contribution in [0.3, 0.4) is 0 Å². The van der Waals surface area contributed by atoms with E-state index in [1.165, 1.54) is 19.1 Å². The van der Waals surface area contributed by atoms with Gasteiger partial charge in [0.25, 0.3) is 0 Å². The predicted molar refractivity (Wildman–Crippen MR) is 320 cm³/mol. The van der Waals surface area contributed by atoms with E-state index in [9.17, 15) is 69.6 Å². The molecule has 0 saturated carbocycles. The third-order valence-corrected chi connectivity index (χ3v) is 17.5. The fraction of sp³-hybridized carbons (Fsp3) is 0.491. The zero-order valence-electron chi connectivity index (χ0n) is 46.3. The number of carbonyl (C=O) groups is 8.